The van der Waals surface area contributed by atoms with Crippen LogP contribution >= 0.6 is 0 Å². The highest BCUT2D eigenvalue weighted by molar-refractivity contribution is 6.43. The molecule has 242 valence electrons. The predicted molar refractivity (Wildman–Crippen MR) is 184 cm³/mol. The van der Waals surface area contributed by atoms with Crippen molar-refractivity contribution in [2.45, 2.75) is 64.0 Å². The number of carbonyl (C=O) groups is 2. The Morgan fingerprint density at radius 1 is 0.915 bits per heavy atom. The van der Waals surface area contributed by atoms with Crippen LogP contribution < -0.4 is 0 Å². The standard InChI is InChI=1S/C39H43BN2O5/c1-26-22-33-37(39(45)42(38(33)44)31-18-20-41(21-19-31)25-28-8-4-2-5-9-28)34-24-40(46)47-35(36(26)34)17-14-30(29-10-6-3-7-11-29)23-27-12-15-32(43)16-13-27/h2-13,15-16,23,31,33-35,37,43,46H,14,17-22,24-25H2,1H3/b30-23-/t33-,34+,35-,37-/m1/s1. The molecule has 47 heavy (non-hydrogen) atoms. The van der Waals surface area contributed by atoms with Gasteiger partial charge >= 0.3 is 7.12 Å². The Morgan fingerprint density at radius 2 is 1.60 bits per heavy atom. The summed E-state index contributed by atoms with van der Waals surface area (Å²) >= 11 is 0. The third-order valence-electron chi connectivity index (χ3n) is 10.7. The van der Waals surface area contributed by atoms with Crippen molar-refractivity contribution < 1.29 is 24.4 Å². The van der Waals surface area contributed by atoms with E-state index in [-0.39, 0.29) is 41.5 Å². The van der Waals surface area contributed by atoms with E-state index in [0.717, 1.165) is 60.3 Å². The van der Waals surface area contributed by atoms with Crippen molar-refractivity contribution in [2.24, 2.45) is 17.8 Å². The van der Waals surface area contributed by atoms with Crippen molar-refractivity contribution in [1.29, 1.82) is 0 Å². The van der Waals surface area contributed by atoms with Crippen LogP contribution in [0.2, 0.25) is 6.32 Å². The first-order valence-corrected chi connectivity index (χ1v) is 17.1. The van der Waals surface area contributed by atoms with Gasteiger partial charge in [-0.25, -0.2) is 0 Å². The van der Waals surface area contributed by atoms with Gasteiger partial charge in [-0.1, -0.05) is 84.4 Å². The first-order valence-electron chi connectivity index (χ1n) is 17.1. The topological polar surface area (TPSA) is 90.3 Å². The van der Waals surface area contributed by atoms with Crippen LogP contribution in [-0.4, -0.2) is 64.1 Å². The molecule has 3 aromatic carbocycles. The molecule has 3 fully saturated rings. The van der Waals surface area contributed by atoms with Crippen molar-refractivity contribution in [2.75, 3.05) is 13.1 Å². The van der Waals surface area contributed by atoms with E-state index in [1.54, 1.807) is 17.0 Å². The molecule has 0 aromatic heterocycles. The number of rotatable bonds is 8. The molecular formula is C39H43BN2O5. The van der Waals surface area contributed by atoms with Gasteiger partial charge in [0.05, 0.1) is 17.9 Å². The Kier molecular flexibility index (Phi) is 9.17. The number of piperidine rings is 1. The summed E-state index contributed by atoms with van der Waals surface area (Å²) in [6.07, 6.45) is 5.61. The van der Waals surface area contributed by atoms with E-state index in [9.17, 15) is 19.7 Å². The number of hydrogen-bond donors (Lipinski definition) is 2. The summed E-state index contributed by atoms with van der Waals surface area (Å²) in [5, 5.41) is 20.8. The van der Waals surface area contributed by atoms with Gasteiger partial charge in [-0.15, -0.1) is 0 Å². The summed E-state index contributed by atoms with van der Waals surface area (Å²) in [6.45, 7) is 4.67. The quantitative estimate of drug-likeness (QED) is 0.134. The first kappa shape index (κ1) is 31.6. The second kappa shape index (κ2) is 13.6. The molecule has 1 aliphatic carbocycles. The number of likely N-dealkylation sites (tertiary alicyclic amines) is 2. The zero-order valence-electron chi connectivity index (χ0n) is 27.0. The fraction of sp³-hybridized carbons (Fsp3) is 0.385. The number of imide groups is 1. The smallest absolute Gasteiger partial charge is 0.455 e. The Labute approximate surface area is 277 Å². The van der Waals surface area contributed by atoms with Gasteiger partial charge in [0.1, 0.15) is 5.75 Å². The lowest BCUT2D eigenvalue weighted by atomic mass is 9.58. The normalized spacial score (nSPS) is 25.7. The molecule has 7 nitrogen and oxygen atoms in total. The lowest BCUT2D eigenvalue weighted by Gasteiger charge is -2.42. The van der Waals surface area contributed by atoms with Gasteiger partial charge in [0.25, 0.3) is 0 Å². The van der Waals surface area contributed by atoms with Crippen LogP contribution in [0.15, 0.2) is 96.1 Å². The average Bonchev–Trinajstić information content (AvgIpc) is 3.33. The second-order valence-corrected chi connectivity index (χ2v) is 13.7. The molecular weight excluding hydrogens is 587 g/mol. The number of phenolic OH excluding ortho intramolecular Hbond substituents is 1. The Hall–Kier alpha value is -3.98. The molecule has 2 amide bonds. The Morgan fingerprint density at radius 3 is 2.30 bits per heavy atom. The van der Waals surface area contributed by atoms with Crippen LogP contribution in [0.25, 0.3) is 11.6 Å². The fourth-order valence-electron chi connectivity index (χ4n) is 8.49. The van der Waals surface area contributed by atoms with Gasteiger partial charge in [-0.3, -0.25) is 19.4 Å². The van der Waals surface area contributed by atoms with Gasteiger partial charge in [0, 0.05) is 25.7 Å². The number of amides is 2. The molecule has 0 spiro atoms. The van der Waals surface area contributed by atoms with Gasteiger partial charge < -0.3 is 14.8 Å². The number of aromatic hydroxyl groups is 1. The minimum Gasteiger partial charge on any atom is -0.508 e. The van der Waals surface area contributed by atoms with Crippen molar-refractivity contribution in [3.05, 3.63) is 113 Å². The molecule has 2 N–H and O–H groups in total. The van der Waals surface area contributed by atoms with E-state index in [1.165, 1.54) is 5.56 Å². The van der Waals surface area contributed by atoms with Gasteiger partial charge in [0.2, 0.25) is 11.8 Å². The highest BCUT2D eigenvalue weighted by atomic mass is 16.5. The van der Waals surface area contributed by atoms with Crippen LogP contribution in [-0.2, 0) is 20.8 Å². The number of benzene rings is 3. The monoisotopic (exact) mass is 630 g/mol. The van der Waals surface area contributed by atoms with Crippen LogP contribution in [0.1, 0.15) is 55.7 Å². The molecule has 3 aliphatic heterocycles. The number of nitrogens with zero attached hydrogens (tertiary/aromatic N) is 2. The number of hydrogen-bond acceptors (Lipinski definition) is 6. The number of phenols is 1. The van der Waals surface area contributed by atoms with E-state index < -0.39 is 13.0 Å². The minimum atomic E-state index is -0.986. The zero-order chi connectivity index (χ0) is 32.5. The van der Waals surface area contributed by atoms with Crippen LogP contribution in [0, 0.1) is 17.8 Å². The Balaban J connectivity index is 1.07. The third-order valence-corrected chi connectivity index (χ3v) is 10.7. The van der Waals surface area contributed by atoms with Crippen molar-refractivity contribution in [3.8, 4) is 5.75 Å². The number of carbonyl (C=O) groups excluding carboxylic acids is 2. The van der Waals surface area contributed by atoms with Crippen LogP contribution in [0.5, 0.6) is 5.75 Å². The highest BCUT2D eigenvalue weighted by Gasteiger charge is 2.58. The molecule has 4 aliphatic rings. The molecule has 3 saturated heterocycles. The van der Waals surface area contributed by atoms with Gasteiger partial charge in [-0.05, 0) is 91.2 Å². The fourth-order valence-corrected chi connectivity index (χ4v) is 8.49. The summed E-state index contributed by atoms with van der Waals surface area (Å²) in [7, 11) is -0.986. The molecule has 8 heteroatoms. The van der Waals surface area contributed by atoms with Crippen LogP contribution in [0.4, 0.5) is 0 Å². The van der Waals surface area contributed by atoms with E-state index in [1.807, 2.05) is 36.4 Å². The van der Waals surface area contributed by atoms with E-state index in [4.69, 9.17) is 4.65 Å². The second-order valence-electron chi connectivity index (χ2n) is 13.7. The van der Waals surface area contributed by atoms with E-state index in [2.05, 4.69) is 54.3 Å². The van der Waals surface area contributed by atoms with Gasteiger partial charge in [0.15, 0.2) is 0 Å². The van der Waals surface area contributed by atoms with Crippen molar-refractivity contribution in [3.63, 3.8) is 0 Å². The number of allylic oxidation sites excluding steroid dienone is 2. The summed E-state index contributed by atoms with van der Waals surface area (Å²) in [6, 6.07) is 27.7. The lowest BCUT2D eigenvalue weighted by molar-refractivity contribution is -0.144. The Bertz CT molecular complexity index is 1650. The molecule has 0 bridgehead atoms. The molecule has 0 radical (unpaired) electrons. The summed E-state index contributed by atoms with van der Waals surface area (Å²) in [5.41, 5.74) is 6.72. The van der Waals surface area contributed by atoms with Crippen molar-refractivity contribution in [1.82, 2.24) is 9.80 Å². The number of fused-ring (bicyclic) bond motifs is 3. The minimum absolute atomic E-state index is 0.0272. The highest BCUT2D eigenvalue weighted by Crippen LogP contribution is 2.51. The van der Waals surface area contributed by atoms with Gasteiger partial charge in [-0.2, -0.15) is 0 Å². The lowest BCUT2D eigenvalue weighted by Crippen LogP contribution is -2.48. The van der Waals surface area contributed by atoms with E-state index >= 15 is 0 Å². The molecule has 7 rings (SSSR count). The predicted octanol–water partition coefficient (Wildman–Crippen LogP) is 6.19. The molecule has 3 aromatic rings. The summed E-state index contributed by atoms with van der Waals surface area (Å²) in [4.78, 5) is 32.1. The first-order chi connectivity index (χ1) is 22.9. The molecule has 4 atom stereocenters. The SMILES string of the molecule is CC1=C2[C@@H](CC/C(=C/c3ccc(O)cc3)c3ccccc3)OB(O)C[C@@H]2[C@@H]2C(=O)N(C3CCN(Cc4ccccc4)CC3)C(=O)[C@@H]2C1. The summed E-state index contributed by atoms with van der Waals surface area (Å²) in [5.74, 6) is -0.862. The molecule has 0 unspecified atom stereocenters. The third kappa shape index (κ3) is 6.60. The van der Waals surface area contributed by atoms with E-state index in [0.29, 0.717) is 25.6 Å². The summed E-state index contributed by atoms with van der Waals surface area (Å²) < 4.78 is 6.21. The largest absolute Gasteiger partial charge is 0.508 e. The average molecular weight is 631 g/mol. The maximum absolute atomic E-state index is 14.2. The zero-order valence-corrected chi connectivity index (χ0v) is 27.0. The molecule has 0 saturated carbocycles. The molecule has 3 heterocycles. The maximum atomic E-state index is 14.2. The van der Waals surface area contributed by atoms with Crippen molar-refractivity contribution >= 4 is 30.6 Å². The maximum Gasteiger partial charge on any atom is 0.455 e. The van der Waals surface area contributed by atoms with Crippen LogP contribution in [0.3, 0.4) is 0 Å².